The quantitative estimate of drug-likeness (QED) is 0.633. The summed E-state index contributed by atoms with van der Waals surface area (Å²) in [6, 6.07) is 1.32. The maximum atomic E-state index is 11.6. The lowest BCUT2D eigenvalue weighted by molar-refractivity contribution is 0.580. The minimum absolute atomic E-state index is 0.0665. The van der Waals surface area contributed by atoms with Gasteiger partial charge in [-0.1, -0.05) is 0 Å². The molecule has 1 aromatic rings. The number of rotatable bonds is 6. The standard InChI is InChI=1S/C7H13N3O4S3/c1-9-16(11,12)3-2-10-17(13,14)7-4-6(8)5-15-7/h4-5,9-10H,2-3,8H2,1H3. The number of nitrogens with two attached hydrogens (primary N) is 1. The van der Waals surface area contributed by atoms with Gasteiger partial charge in [0.25, 0.3) is 0 Å². The van der Waals surface area contributed by atoms with Crippen LogP contribution in [0.5, 0.6) is 0 Å². The molecule has 4 N–H and O–H groups in total. The molecular formula is C7H13N3O4S3. The largest absolute Gasteiger partial charge is 0.398 e. The Bertz CT molecular complexity index is 575. The minimum Gasteiger partial charge on any atom is -0.398 e. The van der Waals surface area contributed by atoms with E-state index in [1.54, 1.807) is 0 Å². The third-order valence-corrected chi connectivity index (χ3v) is 6.12. The molecule has 98 valence electrons. The smallest absolute Gasteiger partial charge is 0.250 e. The second-order valence-corrected chi connectivity index (χ2v) is 8.07. The predicted molar refractivity (Wildman–Crippen MR) is 66.8 cm³/mol. The molecule has 0 unspecified atom stereocenters. The zero-order valence-electron chi connectivity index (χ0n) is 9.00. The van der Waals surface area contributed by atoms with Crippen molar-refractivity contribution >= 4 is 37.1 Å². The Morgan fingerprint density at radius 3 is 2.47 bits per heavy atom. The Morgan fingerprint density at radius 1 is 1.35 bits per heavy atom. The molecule has 0 aliphatic carbocycles. The summed E-state index contributed by atoms with van der Waals surface area (Å²) in [6.07, 6.45) is 0. The second kappa shape index (κ2) is 5.31. The fourth-order valence-corrected chi connectivity index (χ4v) is 3.82. The average molecular weight is 299 g/mol. The van der Waals surface area contributed by atoms with Crippen molar-refractivity contribution in [3.63, 3.8) is 0 Å². The van der Waals surface area contributed by atoms with Gasteiger partial charge < -0.3 is 5.73 Å². The van der Waals surface area contributed by atoms with Crippen molar-refractivity contribution in [1.29, 1.82) is 0 Å². The van der Waals surface area contributed by atoms with E-state index in [0.717, 1.165) is 11.3 Å². The normalized spacial score (nSPS) is 12.8. The topological polar surface area (TPSA) is 118 Å². The third kappa shape index (κ3) is 4.24. The number of hydrogen-bond donors (Lipinski definition) is 3. The SMILES string of the molecule is CNS(=O)(=O)CCNS(=O)(=O)c1cc(N)cs1. The zero-order valence-corrected chi connectivity index (χ0v) is 11.5. The van der Waals surface area contributed by atoms with Gasteiger partial charge in [-0.25, -0.2) is 26.3 Å². The molecule has 0 saturated heterocycles. The van der Waals surface area contributed by atoms with Crippen LogP contribution in [-0.2, 0) is 20.0 Å². The van der Waals surface area contributed by atoms with Gasteiger partial charge in [0, 0.05) is 17.6 Å². The lowest BCUT2D eigenvalue weighted by Gasteiger charge is -2.04. The predicted octanol–water partition coefficient (Wildman–Crippen LogP) is -0.842. The molecule has 0 saturated carbocycles. The first kappa shape index (κ1) is 14.4. The van der Waals surface area contributed by atoms with Crippen molar-refractivity contribution in [2.75, 3.05) is 25.1 Å². The Morgan fingerprint density at radius 2 is 2.00 bits per heavy atom. The average Bonchev–Trinajstić information content (AvgIpc) is 2.65. The van der Waals surface area contributed by atoms with Crippen LogP contribution in [0.3, 0.4) is 0 Å². The van der Waals surface area contributed by atoms with Gasteiger partial charge in [0.15, 0.2) is 0 Å². The number of nitrogens with one attached hydrogen (secondary N) is 2. The highest BCUT2D eigenvalue weighted by atomic mass is 32.2. The Balaban J connectivity index is 2.64. The number of anilines is 1. The molecule has 0 fully saturated rings. The molecule has 1 rings (SSSR count). The van der Waals surface area contributed by atoms with Crippen LogP contribution in [0.1, 0.15) is 0 Å². The number of hydrogen-bond acceptors (Lipinski definition) is 6. The minimum atomic E-state index is -3.67. The Hall–Kier alpha value is -0.680. The van der Waals surface area contributed by atoms with Gasteiger partial charge in [-0.2, -0.15) is 0 Å². The molecular weight excluding hydrogens is 286 g/mol. The van der Waals surface area contributed by atoms with Crippen LogP contribution in [0.4, 0.5) is 5.69 Å². The first-order chi connectivity index (χ1) is 7.77. The molecule has 0 aliphatic rings. The molecule has 7 nitrogen and oxygen atoms in total. The molecule has 0 atom stereocenters. The number of nitrogen functional groups attached to an aromatic ring is 1. The van der Waals surface area contributed by atoms with E-state index in [4.69, 9.17) is 5.73 Å². The third-order valence-electron chi connectivity index (χ3n) is 1.83. The van der Waals surface area contributed by atoms with E-state index in [9.17, 15) is 16.8 Å². The van der Waals surface area contributed by atoms with Crippen molar-refractivity contribution in [2.24, 2.45) is 0 Å². The van der Waals surface area contributed by atoms with Crippen LogP contribution in [0, 0.1) is 0 Å². The Kier molecular flexibility index (Phi) is 4.49. The summed E-state index contributed by atoms with van der Waals surface area (Å²) >= 11 is 0.980. The lowest BCUT2D eigenvalue weighted by atomic mass is 10.6. The zero-order chi connectivity index (χ0) is 13.1. The van der Waals surface area contributed by atoms with E-state index >= 15 is 0 Å². The summed E-state index contributed by atoms with van der Waals surface area (Å²) in [6.45, 7) is -0.191. The first-order valence-corrected chi connectivity index (χ1v) is 8.53. The monoisotopic (exact) mass is 299 g/mol. The summed E-state index contributed by atoms with van der Waals surface area (Å²) in [4.78, 5) is 0. The van der Waals surface area contributed by atoms with E-state index in [1.165, 1.54) is 18.5 Å². The van der Waals surface area contributed by atoms with Crippen molar-refractivity contribution in [1.82, 2.24) is 9.44 Å². The second-order valence-electron chi connectivity index (χ2n) is 3.12. The Labute approximate surface area is 104 Å². The van der Waals surface area contributed by atoms with Crippen molar-refractivity contribution < 1.29 is 16.8 Å². The van der Waals surface area contributed by atoms with E-state index in [1.807, 2.05) is 0 Å². The molecule has 0 radical (unpaired) electrons. The summed E-state index contributed by atoms with van der Waals surface area (Å²) in [5.74, 6) is -0.316. The molecule has 17 heavy (non-hydrogen) atoms. The van der Waals surface area contributed by atoms with E-state index < -0.39 is 20.0 Å². The highest BCUT2D eigenvalue weighted by Gasteiger charge is 2.17. The molecule has 0 bridgehead atoms. The highest BCUT2D eigenvalue weighted by molar-refractivity contribution is 7.91. The van der Waals surface area contributed by atoms with Gasteiger partial charge in [0.1, 0.15) is 4.21 Å². The van der Waals surface area contributed by atoms with Crippen LogP contribution < -0.4 is 15.2 Å². The number of sulfonamides is 2. The van der Waals surface area contributed by atoms with Crippen LogP contribution in [-0.4, -0.2) is 36.2 Å². The maximum absolute atomic E-state index is 11.6. The fraction of sp³-hybridized carbons (Fsp3) is 0.429. The molecule has 0 aromatic carbocycles. The summed E-state index contributed by atoms with van der Waals surface area (Å²) in [5.41, 5.74) is 5.77. The van der Waals surface area contributed by atoms with Gasteiger partial charge in [-0.05, 0) is 13.1 Å². The van der Waals surface area contributed by atoms with Crippen molar-refractivity contribution in [3.8, 4) is 0 Å². The van der Waals surface area contributed by atoms with Crippen LogP contribution in [0.2, 0.25) is 0 Å². The van der Waals surface area contributed by atoms with E-state index in [-0.39, 0.29) is 16.5 Å². The number of thiophene rings is 1. The summed E-state index contributed by atoms with van der Waals surface area (Å²) in [5, 5.41) is 1.50. The maximum Gasteiger partial charge on any atom is 0.250 e. The van der Waals surface area contributed by atoms with E-state index in [0.29, 0.717) is 5.69 Å². The molecule has 0 spiro atoms. The van der Waals surface area contributed by atoms with Crippen molar-refractivity contribution in [3.05, 3.63) is 11.4 Å². The van der Waals surface area contributed by atoms with Gasteiger partial charge in [-0.3, -0.25) is 0 Å². The fourth-order valence-electron chi connectivity index (χ4n) is 0.955. The van der Waals surface area contributed by atoms with Crippen molar-refractivity contribution in [2.45, 2.75) is 4.21 Å². The van der Waals surface area contributed by atoms with Crippen LogP contribution in [0.15, 0.2) is 15.7 Å². The lowest BCUT2D eigenvalue weighted by Crippen LogP contribution is -2.32. The molecule has 0 amide bonds. The molecule has 0 aliphatic heterocycles. The van der Waals surface area contributed by atoms with Crippen LogP contribution in [0.25, 0.3) is 0 Å². The first-order valence-electron chi connectivity index (χ1n) is 4.52. The molecule has 1 heterocycles. The molecule has 10 heteroatoms. The van der Waals surface area contributed by atoms with Gasteiger partial charge in [0.2, 0.25) is 20.0 Å². The highest BCUT2D eigenvalue weighted by Crippen LogP contribution is 2.20. The van der Waals surface area contributed by atoms with Crippen LogP contribution >= 0.6 is 11.3 Å². The van der Waals surface area contributed by atoms with Gasteiger partial charge in [-0.15, -0.1) is 11.3 Å². The van der Waals surface area contributed by atoms with Gasteiger partial charge in [0.05, 0.1) is 5.75 Å². The van der Waals surface area contributed by atoms with Gasteiger partial charge >= 0.3 is 0 Å². The van der Waals surface area contributed by atoms with E-state index in [2.05, 4.69) is 9.44 Å². The summed E-state index contributed by atoms with van der Waals surface area (Å²) in [7, 11) is -5.82. The molecule has 1 aromatic heterocycles. The summed E-state index contributed by atoms with van der Waals surface area (Å²) < 4.78 is 49.8.